The summed E-state index contributed by atoms with van der Waals surface area (Å²) in [4.78, 5) is 22.4. The third-order valence-electron chi connectivity index (χ3n) is 3.12. The molecule has 0 atom stereocenters. The first-order chi connectivity index (χ1) is 10.4. The molecule has 120 valence electrons. The van der Waals surface area contributed by atoms with Gasteiger partial charge in [0, 0.05) is 13.1 Å². The van der Waals surface area contributed by atoms with E-state index in [0.29, 0.717) is 13.2 Å². The molecule has 1 aromatic rings. The van der Waals surface area contributed by atoms with Crippen LogP contribution in [0.1, 0.15) is 10.4 Å². The van der Waals surface area contributed by atoms with Crippen LogP contribution in [0.2, 0.25) is 0 Å². The summed E-state index contributed by atoms with van der Waals surface area (Å²) in [5, 5.41) is 10.8. The standard InChI is InChI=1S/C13H16N2O6S/c16-12(17)9-14-13(18)10-3-1-2-4-11(10)22(19,20)15-5-7-21-8-6-15/h1-4H,5-9H2,(H,14,18)(H,16,17). The predicted molar refractivity (Wildman–Crippen MR) is 76.0 cm³/mol. The van der Waals surface area contributed by atoms with Crippen molar-refractivity contribution >= 4 is 21.9 Å². The molecule has 9 heteroatoms. The van der Waals surface area contributed by atoms with Crippen LogP contribution in [0, 0.1) is 0 Å². The first kappa shape index (κ1) is 16.4. The molecule has 0 spiro atoms. The molecule has 1 aliphatic rings. The predicted octanol–water partition coefficient (Wildman–Crippen LogP) is -0.478. The lowest BCUT2D eigenvalue weighted by Crippen LogP contribution is -2.41. The summed E-state index contributed by atoms with van der Waals surface area (Å²) in [6.07, 6.45) is 0. The third-order valence-corrected chi connectivity index (χ3v) is 5.08. The Hall–Kier alpha value is -1.97. The molecule has 0 aromatic heterocycles. The summed E-state index contributed by atoms with van der Waals surface area (Å²) in [5.74, 6) is -1.95. The average molecular weight is 328 g/mol. The fourth-order valence-corrected chi connectivity index (χ4v) is 3.65. The van der Waals surface area contributed by atoms with Crippen LogP contribution in [-0.4, -0.2) is 62.6 Å². The zero-order valence-electron chi connectivity index (χ0n) is 11.7. The molecule has 1 saturated heterocycles. The lowest BCUT2D eigenvalue weighted by molar-refractivity contribution is -0.135. The van der Waals surface area contributed by atoms with Crippen LogP contribution in [0.4, 0.5) is 0 Å². The summed E-state index contributed by atoms with van der Waals surface area (Å²) in [7, 11) is -3.83. The highest BCUT2D eigenvalue weighted by atomic mass is 32.2. The molecule has 1 amide bonds. The van der Waals surface area contributed by atoms with Gasteiger partial charge in [0.25, 0.3) is 5.91 Å². The first-order valence-electron chi connectivity index (χ1n) is 6.60. The minimum atomic E-state index is -3.83. The smallest absolute Gasteiger partial charge is 0.322 e. The Labute approximate surface area is 127 Å². The van der Waals surface area contributed by atoms with E-state index >= 15 is 0 Å². The molecule has 0 aliphatic carbocycles. The van der Waals surface area contributed by atoms with Crippen LogP contribution in [0.25, 0.3) is 0 Å². The normalized spacial score (nSPS) is 16.2. The van der Waals surface area contributed by atoms with Gasteiger partial charge in [0.05, 0.1) is 23.7 Å². The fraction of sp³-hybridized carbons (Fsp3) is 0.385. The summed E-state index contributed by atoms with van der Waals surface area (Å²) >= 11 is 0. The van der Waals surface area contributed by atoms with Crippen LogP contribution in [0.3, 0.4) is 0 Å². The molecule has 1 fully saturated rings. The van der Waals surface area contributed by atoms with Gasteiger partial charge in [-0.2, -0.15) is 4.31 Å². The van der Waals surface area contributed by atoms with Crippen molar-refractivity contribution in [3.63, 3.8) is 0 Å². The second-order valence-electron chi connectivity index (χ2n) is 4.59. The number of nitrogens with one attached hydrogen (secondary N) is 1. The number of ether oxygens (including phenoxy) is 1. The maximum atomic E-state index is 12.6. The molecule has 2 rings (SSSR count). The quantitative estimate of drug-likeness (QED) is 0.755. The van der Waals surface area contributed by atoms with Gasteiger partial charge in [-0.3, -0.25) is 9.59 Å². The Morgan fingerprint density at radius 3 is 2.50 bits per heavy atom. The molecule has 1 heterocycles. The van der Waals surface area contributed by atoms with Crippen LogP contribution < -0.4 is 5.32 Å². The number of carbonyl (C=O) groups is 2. The van der Waals surface area contributed by atoms with E-state index in [9.17, 15) is 18.0 Å². The minimum Gasteiger partial charge on any atom is -0.480 e. The Morgan fingerprint density at radius 1 is 1.23 bits per heavy atom. The summed E-state index contributed by atoms with van der Waals surface area (Å²) in [6.45, 7) is 0.449. The van der Waals surface area contributed by atoms with Crippen molar-refractivity contribution in [2.75, 3.05) is 32.8 Å². The van der Waals surface area contributed by atoms with E-state index in [2.05, 4.69) is 5.32 Å². The Morgan fingerprint density at radius 2 is 1.86 bits per heavy atom. The van der Waals surface area contributed by atoms with E-state index in [-0.39, 0.29) is 23.5 Å². The largest absolute Gasteiger partial charge is 0.480 e. The summed E-state index contributed by atoms with van der Waals surface area (Å²) in [5.41, 5.74) is -0.0739. The van der Waals surface area contributed by atoms with Crippen molar-refractivity contribution in [3.05, 3.63) is 29.8 Å². The fourth-order valence-electron chi connectivity index (χ4n) is 2.06. The van der Waals surface area contributed by atoms with E-state index in [4.69, 9.17) is 9.84 Å². The van der Waals surface area contributed by atoms with Gasteiger partial charge < -0.3 is 15.2 Å². The number of nitrogens with zero attached hydrogens (tertiary/aromatic N) is 1. The van der Waals surface area contributed by atoms with Crippen molar-refractivity contribution < 1.29 is 27.9 Å². The van der Waals surface area contributed by atoms with Gasteiger partial charge in [0.15, 0.2) is 0 Å². The second kappa shape index (κ2) is 6.86. The molecule has 8 nitrogen and oxygen atoms in total. The molecule has 0 unspecified atom stereocenters. The lowest BCUT2D eigenvalue weighted by atomic mass is 10.2. The molecular weight excluding hydrogens is 312 g/mol. The van der Waals surface area contributed by atoms with E-state index in [1.54, 1.807) is 0 Å². The number of sulfonamides is 1. The third kappa shape index (κ3) is 3.62. The number of hydrogen-bond acceptors (Lipinski definition) is 5. The van der Waals surface area contributed by atoms with Gasteiger partial charge >= 0.3 is 5.97 Å². The Bertz CT molecular complexity index is 667. The van der Waals surface area contributed by atoms with Gasteiger partial charge in [-0.15, -0.1) is 0 Å². The maximum absolute atomic E-state index is 12.6. The van der Waals surface area contributed by atoms with Crippen LogP contribution in [-0.2, 0) is 19.6 Å². The van der Waals surface area contributed by atoms with Crippen LogP contribution in [0.15, 0.2) is 29.2 Å². The van der Waals surface area contributed by atoms with Gasteiger partial charge in [-0.1, -0.05) is 12.1 Å². The zero-order valence-corrected chi connectivity index (χ0v) is 12.5. The molecule has 1 aromatic carbocycles. The number of carboxylic acids is 1. The number of carboxylic acid groups (broad SMARTS) is 1. The number of rotatable bonds is 5. The van der Waals surface area contributed by atoms with E-state index in [0.717, 1.165) is 0 Å². The summed E-state index contributed by atoms with van der Waals surface area (Å²) in [6, 6.07) is 5.72. The van der Waals surface area contributed by atoms with Crippen molar-refractivity contribution in [3.8, 4) is 0 Å². The van der Waals surface area contributed by atoms with Crippen molar-refractivity contribution in [2.45, 2.75) is 4.90 Å². The van der Waals surface area contributed by atoms with Gasteiger partial charge in [-0.25, -0.2) is 8.42 Å². The SMILES string of the molecule is O=C(O)CNC(=O)c1ccccc1S(=O)(=O)N1CCOCC1. The monoisotopic (exact) mass is 328 g/mol. The number of morpholine rings is 1. The van der Waals surface area contributed by atoms with E-state index < -0.39 is 28.4 Å². The van der Waals surface area contributed by atoms with Crippen LogP contribution in [0.5, 0.6) is 0 Å². The zero-order chi connectivity index (χ0) is 16.2. The topological polar surface area (TPSA) is 113 Å². The average Bonchev–Trinajstić information content (AvgIpc) is 2.53. The molecule has 1 aliphatic heterocycles. The maximum Gasteiger partial charge on any atom is 0.322 e. The number of aliphatic carboxylic acids is 1. The van der Waals surface area contributed by atoms with Crippen molar-refractivity contribution in [1.29, 1.82) is 0 Å². The van der Waals surface area contributed by atoms with Crippen molar-refractivity contribution in [2.24, 2.45) is 0 Å². The van der Waals surface area contributed by atoms with Crippen molar-refractivity contribution in [1.82, 2.24) is 9.62 Å². The number of benzene rings is 1. The Balaban J connectivity index is 2.31. The van der Waals surface area contributed by atoms with Crippen LogP contribution >= 0.6 is 0 Å². The van der Waals surface area contributed by atoms with Gasteiger partial charge in [-0.05, 0) is 12.1 Å². The van der Waals surface area contributed by atoms with E-state index in [1.807, 2.05) is 0 Å². The number of hydrogen-bond donors (Lipinski definition) is 2. The highest BCUT2D eigenvalue weighted by molar-refractivity contribution is 7.89. The molecular formula is C13H16N2O6S. The number of carbonyl (C=O) groups excluding carboxylic acids is 1. The van der Waals surface area contributed by atoms with Gasteiger partial charge in [0.1, 0.15) is 6.54 Å². The molecule has 2 N–H and O–H groups in total. The molecule has 0 saturated carbocycles. The van der Waals surface area contributed by atoms with Gasteiger partial charge in [0.2, 0.25) is 10.0 Å². The summed E-state index contributed by atoms with van der Waals surface area (Å²) < 4.78 is 31.6. The highest BCUT2D eigenvalue weighted by Gasteiger charge is 2.30. The molecule has 22 heavy (non-hydrogen) atoms. The molecule has 0 bridgehead atoms. The first-order valence-corrected chi connectivity index (χ1v) is 8.04. The number of amides is 1. The van der Waals surface area contributed by atoms with E-state index in [1.165, 1.54) is 28.6 Å². The second-order valence-corrected chi connectivity index (χ2v) is 6.50. The highest BCUT2D eigenvalue weighted by Crippen LogP contribution is 2.21. The lowest BCUT2D eigenvalue weighted by Gasteiger charge is -2.26. The minimum absolute atomic E-state index is 0.0739. The molecule has 0 radical (unpaired) electrons. The Kier molecular flexibility index (Phi) is 5.11.